The Bertz CT molecular complexity index is 639. The van der Waals surface area contributed by atoms with Gasteiger partial charge < -0.3 is 5.32 Å². The van der Waals surface area contributed by atoms with Gasteiger partial charge in [0.05, 0.1) is 22.1 Å². The predicted molar refractivity (Wildman–Crippen MR) is 80.1 cm³/mol. The first-order chi connectivity index (χ1) is 9.32. The lowest BCUT2D eigenvalue weighted by Crippen LogP contribution is -2.26. The molecule has 0 radical (unpaired) electrons. The van der Waals surface area contributed by atoms with Crippen LogP contribution in [0.4, 0.5) is 5.69 Å². The highest BCUT2D eigenvalue weighted by Gasteiger charge is 2.17. The summed E-state index contributed by atoms with van der Waals surface area (Å²) >= 11 is 0. The molecular weight excluding hydrogens is 300 g/mol. The van der Waals surface area contributed by atoms with Crippen LogP contribution < -0.4 is 10.0 Å². The van der Waals surface area contributed by atoms with E-state index in [0.29, 0.717) is 12.1 Å². The van der Waals surface area contributed by atoms with E-state index in [0.717, 1.165) is 0 Å². The molecule has 0 aromatic heterocycles. The highest BCUT2D eigenvalue weighted by Crippen LogP contribution is 2.22. The van der Waals surface area contributed by atoms with E-state index in [2.05, 4.69) is 10.0 Å². The van der Waals surface area contributed by atoms with Crippen LogP contribution in [0, 0.1) is 0 Å². The molecule has 2 N–H and O–H groups in total. The largest absolute Gasteiger partial charge is 0.383 e. The molecule has 20 heavy (non-hydrogen) atoms. The van der Waals surface area contributed by atoms with Gasteiger partial charge in [0, 0.05) is 6.54 Å². The van der Waals surface area contributed by atoms with E-state index in [4.69, 9.17) is 0 Å². The van der Waals surface area contributed by atoms with Crippen LogP contribution in [-0.4, -0.2) is 41.9 Å². The molecule has 1 aromatic carbocycles. The second-order valence-electron chi connectivity index (χ2n) is 4.26. The predicted octanol–water partition coefficient (Wildman–Crippen LogP) is 0.831. The summed E-state index contributed by atoms with van der Waals surface area (Å²) in [4.78, 5) is 0.212. The van der Waals surface area contributed by atoms with Crippen LogP contribution in [0.2, 0.25) is 0 Å². The number of nitrogens with one attached hydrogen (secondary N) is 2. The Morgan fingerprint density at radius 1 is 1.05 bits per heavy atom. The van der Waals surface area contributed by atoms with Crippen LogP contribution >= 0.6 is 0 Å². The summed E-state index contributed by atoms with van der Waals surface area (Å²) in [5, 5.41) is 2.87. The number of sulfone groups is 1. The molecule has 0 aliphatic rings. The zero-order chi connectivity index (χ0) is 15.2. The van der Waals surface area contributed by atoms with E-state index < -0.39 is 19.9 Å². The minimum atomic E-state index is -3.34. The van der Waals surface area contributed by atoms with Crippen molar-refractivity contribution in [1.29, 1.82) is 0 Å². The van der Waals surface area contributed by atoms with Gasteiger partial charge in [-0.05, 0) is 25.6 Å². The van der Waals surface area contributed by atoms with Crippen LogP contribution in [0.5, 0.6) is 0 Å². The van der Waals surface area contributed by atoms with Crippen molar-refractivity contribution in [3.8, 4) is 0 Å². The molecule has 0 bridgehead atoms. The van der Waals surface area contributed by atoms with Gasteiger partial charge in [-0.3, -0.25) is 0 Å². The SMILES string of the molecule is CCCS(=O)(=O)c1ccccc1NCCS(=O)(=O)NC. The fourth-order valence-electron chi connectivity index (χ4n) is 1.68. The zero-order valence-electron chi connectivity index (χ0n) is 11.6. The molecule has 0 heterocycles. The number of anilines is 1. The van der Waals surface area contributed by atoms with Gasteiger partial charge in [-0.25, -0.2) is 21.6 Å². The van der Waals surface area contributed by atoms with Crippen LogP contribution in [0.3, 0.4) is 0 Å². The monoisotopic (exact) mass is 320 g/mol. The maximum atomic E-state index is 12.1. The smallest absolute Gasteiger partial charge is 0.213 e. The van der Waals surface area contributed by atoms with Crippen molar-refractivity contribution < 1.29 is 16.8 Å². The third kappa shape index (κ3) is 4.77. The molecule has 6 nitrogen and oxygen atoms in total. The van der Waals surface area contributed by atoms with E-state index in [9.17, 15) is 16.8 Å². The van der Waals surface area contributed by atoms with Crippen molar-refractivity contribution >= 4 is 25.5 Å². The third-order valence-corrected chi connectivity index (χ3v) is 6.03. The number of rotatable bonds is 8. The topological polar surface area (TPSA) is 92.3 Å². The Kier molecular flexibility index (Phi) is 5.97. The van der Waals surface area contributed by atoms with Gasteiger partial charge >= 0.3 is 0 Å². The molecule has 0 saturated heterocycles. The molecule has 114 valence electrons. The lowest BCUT2D eigenvalue weighted by Gasteiger charge is -2.12. The first-order valence-electron chi connectivity index (χ1n) is 6.29. The molecule has 8 heteroatoms. The average Bonchev–Trinajstić information content (AvgIpc) is 2.39. The highest BCUT2D eigenvalue weighted by molar-refractivity contribution is 7.91. The van der Waals surface area contributed by atoms with Gasteiger partial charge in [-0.15, -0.1) is 0 Å². The molecule has 0 spiro atoms. The van der Waals surface area contributed by atoms with Crippen LogP contribution in [-0.2, 0) is 19.9 Å². The lowest BCUT2D eigenvalue weighted by atomic mass is 10.3. The average molecular weight is 320 g/mol. The Labute approximate surface area is 120 Å². The number of hydrogen-bond donors (Lipinski definition) is 2. The molecule has 0 fully saturated rings. The van der Waals surface area contributed by atoms with Gasteiger partial charge in [0.2, 0.25) is 10.0 Å². The molecule has 0 aliphatic heterocycles. The van der Waals surface area contributed by atoms with E-state index in [1.807, 2.05) is 0 Å². The first-order valence-corrected chi connectivity index (χ1v) is 9.59. The van der Waals surface area contributed by atoms with E-state index in [-0.39, 0.29) is 22.9 Å². The molecule has 0 atom stereocenters. The van der Waals surface area contributed by atoms with Crippen molar-refractivity contribution in [2.45, 2.75) is 18.2 Å². The van der Waals surface area contributed by atoms with Crippen LogP contribution in [0.15, 0.2) is 29.2 Å². The molecule has 1 rings (SSSR count). The molecule has 1 aromatic rings. The van der Waals surface area contributed by atoms with Crippen LogP contribution in [0.1, 0.15) is 13.3 Å². The molecule has 0 saturated carbocycles. The van der Waals surface area contributed by atoms with E-state index >= 15 is 0 Å². The second kappa shape index (κ2) is 7.05. The van der Waals surface area contributed by atoms with Gasteiger partial charge in [0.25, 0.3) is 0 Å². The van der Waals surface area contributed by atoms with E-state index in [1.54, 1.807) is 25.1 Å². The fourth-order valence-corrected chi connectivity index (χ4v) is 3.78. The Morgan fingerprint density at radius 2 is 1.70 bits per heavy atom. The molecular formula is C12H20N2O4S2. The summed E-state index contributed by atoms with van der Waals surface area (Å²) in [7, 11) is -5.31. The Morgan fingerprint density at radius 3 is 2.30 bits per heavy atom. The normalized spacial score (nSPS) is 12.3. The summed E-state index contributed by atoms with van der Waals surface area (Å²) in [6.45, 7) is 1.94. The summed E-state index contributed by atoms with van der Waals surface area (Å²) in [6, 6.07) is 6.52. The summed E-state index contributed by atoms with van der Waals surface area (Å²) in [6.07, 6.45) is 0.533. The Hall–Kier alpha value is -1.12. The zero-order valence-corrected chi connectivity index (χ0v) is 13.2. The van der Waals surface area contributed by atoms with Gasteiger partial charge in [0.1, 0.15) is 0 Å². The second-order valence-corrected chi connectivity index (χ2v) is 8.39. The van der Waals surface area contributed by atoms with Crippen LogP contribution in [0.25, 0.3) is 0 Å². The standard InChI is InChI=1S/C12H20N2O4S2/c1-3-9-19(15,16)12-7-5-4-6-11(12)14-8-10-20(17,18)13-2/h4-7,13-14H,3,8-10H2,1-2H3. The van der Waals surface area contributed by atoms with Crippen molar-refractivity contribution in [2.24, 2.45) is 0 Å². The number of sulfonamides is 1. The maximum Gasteiger partial charge on any atom is 0.213 e. The highest BCUT2D eigenvalue weighted by atomic mass is 32.2. The fraction of sp³-hybridized carbons (Fsp3) is 0.500. The van der Waals surface area contributed by atoms with Gasteiger partial charge in [-0.2, -0.15) is 0 Å². The lowest BCUT2D eigenvalue weighted by molar-refractivity contribution is 0.588. The molecule has 0 amide bonds. The number of para-hydroxylation sites is 1. The maximum absolute atomic E-state index is 12.1. The minimum absolute atomic E-state index is 0.0699. The summed E-state index contributed by atoms with van der Waals surface area (Å²) < 4.78 is 49.0. The number of hydrogen-bond acceptors (Lipinski definition) is 5. The van der Waals surface area contributed by atoms with Crippen molar-refractivity contribution in [3.63, 3.8) is 0 Å². The Balaban J connectivity index is 2.87. The summed E-state index contributed by atoms with van der Waals surface area (Å²) in [5.74, 6) is -0.0494. The number of benzene rings is 1. The molecule has 0 aliphatic carbocycles. The summed E-state index contributed by atoms with van der Waals surface area (Å²) in [5.41, 5.74) is 0.437. The van der Waals surface area contributed by atoms with Crippen molar-refractivity contribution in [1.82, 2.24) is 4.72 Å². The quantitative estimate of drug-likeness (QED) is 0.740. The third-order valence-electron chi connectivity index (χ3n) is 2.69. The van der Waals surface area contributed by atoms with Gasteiger partial charge in [0.15, 0.2) is 9.84 Å². The van der Waals surface area contributed by atoms with Gasteiger partial charge in [-0.1, -0.05) is 19.1 Å². The first kappa shape index (κ1) is 16.9. The van der Waals surface area contributed by atoms with E-state index in [1.165, 1.54) is 13.1 Å². The minimum Gasteiger partial charge on any atom is -0.383 e. The van der Waals surface area contributed by atoms with Crippen molar-refractivity contribution in [2.75, 3.05) is 30.4 Å². The van der Waals surface area contributed by atoms with Crippen molar-refractivity contribution in [3.05, 3.63) is 24.3 Å². The molecule has 0 unspecified atom stereocenters.